The number of aromatic amines is 1. The summed E-state index contributed by atoms with van der Waals surface area (Å²) in [4.78, 5) is 11.3. The Morgan fingerprint density at radius 2 is 2.27 bits per heavy atom. The summed E-state index contributed by atoms with van der Waals surface area (Å²) in [5.41, 5.74) is 0.924. The van der Waals surface area contributed by atoms with Gasteiger partial charge in [-0.1, -0.05) is 6.92 Å². The Bertz CT molecular complexity index is 300. The van der Waals surface area contributed by atoms with E-state index in [0.717, 1.165) is 18.7 Å². The molecule has 0 aromatic carbocycles. The molecule has 0 saturated heterocycles. The van der Waals surface area contributed by atoms with E-state index in [1.165, 1.54) is 0 Å². The summed E-state index contributed by atoms with van der Waals surface area (Å²) in [6.45, 7) is 4.67. The summed E-state index contributed by atoms with van der Waals surface area (Å²) in [5, 5.41) is 2.97. The van der Waals surface area contributed by atoms with Gasteiger partial charge in [0.05, 0.1) is 0 Å². The molecule has 0 aliphatic heterocycles. The maximum absolute atomic E-state index is 11.3. The van der Waals surface area contributed by atoms with Crippen molar-refractivity contribution in [3.05, 3.63) is 20.5 Å². The minimum Gasteiger partial charge on any atom is -0.299 e. The lowest BCUT2D eigenvalue weighted by Crippen LogP contribution is -2.16. The second kappa shape index (κ2) is 3.26. The minimum atomic E-state index is 0.0318. The van der Waals surface area contributed by atoms with E-state index in [-0.39, 0.29) is 5.56 Å². The third kappa shape index (κ3) is 1.56. The fourth-order valence-corrected chi connectivity index (χ4v) is 1.26. The maximum Gasteiger partial charge on any atom is 0.281 e. The molecule has 0 bridgehead atoms. The van der Waals surface area contributed by atoms with Gasteiger partial charge < -0.3 is 0 Å². The molecule has 1 aromatic rings. The number of rotatable bonds is 2. The van der Waals surface area contributed by atoms with Gasteiger partial charge in [-0.15, -0.1) is 0 Å². The van der Waals surface area contributed by atoms with E-state index < -0.39 is 0 Å². The smallest absolute Gasteiger partial charge is 0.281 e. The number of H-pyrrole nitrogens is 1. The summed E-state index contributed by atoms with van der Waals surface area (Å²) in [6, 6.07) is 0. The van der Waals surface area contributed by atoms with Crippen LogP contribution in [0.25, 0.3) is 0 Å². The van der Waals surface area contributed by atoms with Crippen LogP contribution < -0.4 is 5.56 Å². The Morgan fingerprint density at radius 1 is 1.64 bits per heavy atom. The molecule has 1 rings (SSSR count). The number of aryl methyl sites for hydroxylation is 2. The average Bonchev–Trinajstić information content (AvgIpc) is 2.19. The molecular weight excluding hydrogens is 208 g/mol. The molecule has 4 heteroatoms. The number of hydrogen-bond acceptors (Lipinski definition) is 1. The third-order valence-corrected chi connectivity index (χ3v) is 2.45. The van der Waals surface area contributed by atoms with Crippen LogP contribution in [-0.2, 0) is 6.54 Å². The maximum atomic E-state index is 11.3. The van der Waals surface area contributed by atoms with E-state index >= 15 is 0 Å². The molecule has 1 N–H and O–H groups in total. The van der Waals surface area contributed by atoms with E-state index in [0.29, 0.717) is 4.47 Å². The van der Waals surface area contributed by atoms with Crippen molar-refractivity contribution in [3.63, 3.8) is 0 Å². The second-order valence-electron chi connectivity index (χ2n) is 2.51. The standard InChI is InChI=1S/C7H11BrN2O/c1-3-4-10-7(11)6(8)5(2)9-10/h9H,3-4H2,1-2H3. The van der Waals surface area contributed by atoms with Crippen molar-refractivity contribution < 1.29 is 0 Å². The number of aromatic nitrogens is 2. The molecule has 62 valence electrons. The Labute approximate surface area is 73.5 Å². The van der Waals surface area contributed by atoms with Crippen molar-refractivity contribution in [2.45, 2.75) is 26.8 Å². The van der Waals surface area contributed by atoms with Crippen molar-refractivity contribution in [2.75, 3.05) is 0 Å². The molecule has 0 spiro atoms. The monoisotopic (exact) mass is 218 g/mol. The van der Waals surface area contributed by atoms with Gasteiger partial charge >= 0.3 is 0 Å². The van der Waals surface area contributed by atoms with E-state index in [4.69, 9.17) is 0 Å². The molecule has 0 atom stereocenters. The predicted molar refractivity (Wildman–Crippen MR) is 47.8 cm³/mol. The number of nitrogens with one attached hydrogen (secondary N) is 1. The van der Waals surface area contributed by atoms with Gasteiger partial charge in [0, 0.05) is 12.2 Å². The molecule has 1 heterocycles. The lowest BCUT2D eigenvalue weighted by molar-refractivity contribution is 0.581. The number of nitrogens with zero attached hydrogens (tertiary/aromatic N) is 1. The van der Waals surface area contributed by atoms with E-state index in [2.05, 4.69) is 21.0 Å². The zero-order valence-electron chi connectivity index (χ0n) is 6.65. The largest absolute Gasteiger partial charge is 0.299 e. The first kappa shape index (κ1) is 8.59. The molecule has 0 unspecified atom stereocenters. The molecule has 11 heavy (non-hydrogen) atoms. The highest BCUT2D eigenvalue weighted by Crippen LogP contribution is 2.06. The van der Waals surface area contributed by atoms with Crippen molar-refractivity contribution in [2.24, 2.45) is 0 Å². The molecule has 0 amide bonds. The lowest BCUT2D eigenvalue weighted by atomic mass is 10.5. The first-order valence-corrected chi connectivity index (χ1v) is 4.41. The average molecular weight is 219 g/mol. The van der Waals surface area contributed by atoms with Crippen LogP contribution in [0.5, 0.6) is 0 Å². The summed E-state index contributed by atoms with van der Waals surface area (Å²) in [7, 11) is 0. The molecule has 3 nitrogen and oxygen atoms in total. The van der Waals surface area contributed by atoms with Crippen LogP contribution in [0, 0.1) is 6.92 Å². The lowest BCUT2D eigenvalue weighted by Gasteiger charge is -1.95. The van der Waals surface area contributed by atoms with Crippen LogP contribution in [0.4, 0.5) is 0 Å². The first-order valence-electron chi connectivity index (χ1n) is 3.61. The van der Waals surface area contributed by atoms with Crippen LogP contribution in [0.15, 0.2) is 9.27 Å². The Balaban J connectivity index is 3.09. The van der Waals surface area contributed by atoms with Crippen LogP contribution >= 0.6 is 15.9 Å². The molecular formula is C7H11BrN2O. The van der Waals surface area contributed by atoms with Crippen LogP contribution in [0.3, 0.4) is 0 Å². The molecule has 0 aliphatic rings. The minimum absolute atomic E-state index is 0.0318. The van der Waals surface area contributed by atoms with Gasteiger partial charge in [0.25, 0.3) is 5.56 Å². The van der Waals surface area contributed by atoms with E-state index in [1.807, 2.05) is 13.8 Å². The van der Waals surface area contributed by atoms with Gasteiger partial charge in [-0.25, -0.2) is 0 Å². The topological polar surface area (TPSA) is 37.8 Å². The van der Waals surface area contributed by atoms with Gasteiger partial charge in [0.1, 0.15) is 4.47 Å². The Hall–Kier alpha value is -0.510. The van der Waals surface area contributed by atoms with Gasteiger partial charge in [-0.05, 0) is 29.3 Å². The normalized spacial score (nSPS) is 10.5. The van der Waals surface area contributed by atoms with Crippen LogP contribution in [0.2, 0.25) is 0 Å². The van der Waals surface area contributed by atoms with Crippen molar-refractivity contribution in [3.8, 4) is 0 Å². The van der Waals surface area contributed by atoms with Gasteiger partial charge in [0.2, 0.25) is 0 Å². The van der Waals surface area contributed by atoms with E-state index in [9.17, 15) is 4.79 Å². The summed E-state index contributed by atoms with van der Waals surface area (Å²) < 4.78 is 2.25. The second-order valence-corrected chi connectivity index (χ2v) is 3.30. The fraction of sp³-hybridized carbons (Fsp3) is 0.571. The van der Waals surface area contributed by atoms with Crippen molar-refractivity contribution in [1.82, 2.24) is 9.78 Å². The molecule has 0 fully saturated rings. The van der Waals surface area contributed by atoms with Crippen LogP contribution in [0.1, 0.15) is 19.0 Å². The van der Waals surface area contributed by atoms with Crippen molar-refractivity contribution in [1.29, 1.82) is 0 Å². The van der Waals surface area contributed by atoms with Gasteiger partial charge in [-0.3, -0.25) is 14.6 Å². The van der Waals surface area contributed by atoms with Crippen LogP contribution in [-0.4, -0.2) is 9.78 Å². The SMILES string of the molecule is CCCn1[nH]c(C)c(Br)c1=O. The number of halogens is 1. The highest BCUT2D eigenvalue weighted by Gasteiger charge is 2.05. The summed E-state index contributed by atoms with van der Waals surface area (Å²) in [5.74, 6) is 0. The summed E-state index contributed by atoms with van der Waals surface area (Å²) >= 11 is 3.21. The highest BCUT2D eigenvalue weighted by molar-refractivity contribution is 9.10. The Morgan fingerprint density at radius 3 is 2.64 bits per heavy atom. The predicted octanol–water partition coefficient (Wildman–Crippen LogP) is 1.66. The van der Waals surface area contributed by atoms with Crippen molar-refractivity contribution >= 4 is 15.9 Å². The van der Waals surface area contributed by atoms with E-state index in [1.54, 1.807) is 4.68 Å². The summed E-state index contributed by atoms with van der Waals surface area (Å²) in [6.07, 6.45) is 0.965. The van der Waals surface area contributed by atoms with Gasteiger partial charge in [0.15, 0.2) is 0 Å². The Kier molecular flexibility index (Phi) is 2.54. The molecule has 0 radical (unpaired) electrons. The zero-order chi connectivity index (χ0) is 8.43. The molecule has 1 aromatic heterocycles. The first-order chi connectivity index (χ1) is 5.16. The molecule has 0 saturated carbocycles. The van der Waals surface area contributed by atoms with Gasteiger partial charge in [-0.2, -0.15) is 0 Å². The quantitative estimate of drug-likeness (QED) is 0.806. The zero-order valence-corrected chi connectivity index (χ0v) is 8.23. The highest BCUT2D eigenvalue weighted by atomic mass is 79.9. The third-order valence-electron chi connectivity index (χ3n) is 1.51. The number of hydrogen-bond donors (Lipinski definition) is 1. The fourth-order valence-electron chi connectivity index (χ4n) is 0.962. The molecule has 0 aliphatic carbocycles.